The second-order valence-electron chi connectivity index (χ2n) is 7.20. The number of hydrogen-bond acceptors (Lipinski definition) is 4. The zero-order valence-electron chi connectivity index (χ0n) is 18.2. The number of urea groups is 1. The molecule has 1 aliphatic heterocycles. The van der Waals surface area contributed by atoms with Crippen LogP contribution in [0.3, 0.4) is 0 Å². The Kier molecular flexibility index (Phi) is 6.70. The molecule has 2 aromatic rings. The Labute approximate surface area is 182 Å². The van der Waals surface area contributed by atoms with Crippen LogP contribution in [-0.2, 0) is 9.59 Å². The third-order valence-electron chi connectivity index (χ3n) is 5.34. The van der Waals surface area contributed by atoms with Crippen molar-refractivity contribution >= 4 is 23.8 Å². The van der Waals surface area contributed by atoms with E-state index in [-0.39, 0.29) is 5.78 Å². The van der Waals surface area contributed by atoms with Gasteiger partial charge in [0.15, 0.2) is 5.78 Å². The number of benzene rings is 2. The molecule has 0 N–H and O–H groups in total. The normalized spacial score (nSPS) is 16.8. The van der Waals surface area contributed by atoms with Crippen LogP contribution in [0.15, 0.2) is 71.9 Å². The van der Waals surface area contributed by atoms with Crippen molar-refractivity contribution in [3.63, 3.8) is 0 Å². The van der Waals surface area contributed by atoms with Crippen molar-refractivity contribution in [2.45, 2.75) is 26.8 Å². The van der Waals surface area contributed by atoms with E-state index in [0.29, 0.717) is 23.4 Å². The fourth-order valence-electron chi connectivity index (χ4n) is 3.79. The lowest BCUT2D eigenvalue weighted by atomic mass is 9.90. The largest absolute Gasteiger partial charge is 0.497 e. The molecule has 1 heterocycles. The molecule has 0 unspecified atom stereocenters. The molecule has 0 saturated carbocycles. The third kappa shape index (κ3) is 4.43. The highest BCUT2D eigenvalue weighted by molar-refractivity contribution is 6.10. The van der Waals surface area contributed by atoms with Gasteiger partial charge in [-0.3, -0.25) is 19.4 Å². The first-order valence-corrected chi connectivity index (χ1v) is 10.1. The zero-order chi connectivity index (χ0) is 22.5. The number of allylic oxidation sites excluding steroid dienone is 2. The molecule has 0 saturated heterocycles. The number of methoxy groups -OCH3 is 1. The number of ether oxygens (including phenoxy) is 1. The molecule has 1 aliphatic rings. The second kappa shape index (κ2) is 9.43. The van der Waals surface area contributed by atoms with Crippen LogP contribution in [-0.4, -0.2) is 41.2 Å². The van der Waals surface area contributed by atoms with E-state index in [4.69, 9.17) is 4.74 Å². The van der Waals surface area contributed by atoms with Gasteiger partial charge in [-0.15, -0.1) is 0 Å². The zero-order valence-corrected chi connectivity index (χ0v) is 18.2. The molecule has 160 valence electrons. The molecule has 0 aliphatic carbocycles. The Morgan fingerprint density at radius 2 is 1.71 bits per heavy atom. The fourth-order valence-corrected chi connectivity index (χ4v) is 3.79. The summed E-state index contributed by atoms with van der Waals surface area (Å²) >= 11 is 0. The lowest BCUT2D eigenvalue weighted by Gasteiger charge is -2.41. The summed E-state index contributed by atoms with van der Waals surface area (Å²) in [5.41, 5.74) is 2.52. The SMILES string of the molecule is CCN1C(=O)N(C(C)=O)[C@@H](c2ccccc2)C(C(=O)/C=C/c2ccc(OC)cc2)=C1C. The van der Waals surface area contributed by atoms with Crippen molar-refractivity contribution in [2.75, 3.05) is 13.7 Å². The summed E-state index contributed by atoms with van der Waals surface area (Å²) in [5, 5.41) is 0. The van der Waals surface area contributed by atoms with Gasteiger partial charge in [-0.05, 0) is 43.2 Å². The Morgan fingerprint density at radius 1 is 1.06 bits per heavy atom. The minimum atomic E-state index is -0.776. The minimum Gasteiger partial charge on any atom is -0.497 e. The molecule has 6 heteroatoms. The maximum atomic E-state index is 13.4. The van der Waals surface area contributed by atoms with E-state index in [2.05, 4.69) is 0 Å². The molecular weight excluding hydrogens is 392 g/mol. The lowest BCUT2D eigenvalue weighted by Crippen LogP contribution is -2.52. The van der Waals surface area contributed by atoms with Crippen LogP contribution in [0.25, 0.3) is 6.08 Å². The van der Waals surface area contributed by atoms with Gasteiger partial charge in [0.25, 0.3) is 0 Å². The van der Waals surface area contributed by atoms with Gasteiger partial charge in [0.1, 0.15) is 5.75 Å². The van der Waals surface area contributed by atoms with Gasteiger partial charge in [-0.1, -0.05) is 48.5 Å². The Hall–Kier alpha value is -3.67. The number of carbonyl (C=O) groups is 3. The molecule has 0 aromatic heterocycles. The Balaban J connectivity index is 2.08. The summed E-state index contributed by atoms with van der Waals surface area (Å²) in [4.78, 5) is 41.6. The van der Waals surface area contributed by atoms with Crippen molar-refractivity contribution in [3.8, 4) is 5.75 Å². The predicted molar refractivity (Wildman–Crippen MR) is 119 cm³/mol. The van der Waals surface area contributed by atoms with E-state index in [0.717, 1.165) is 11.3 Å². The topological polar surface area (TPSA) is 66.9 Å². The Bertz CT molecular complexity index is 1040. The van der Waals surface area contributed by atoms with Crippen LogP contribution in [0.4, 0.5) is 4.79 Å². The van der Waals surface area contributed by atoms with Gasteiger partial charge >= 0.3 is 6.03 Å². The Morgan fingerprint density at radius 3 is 2.26 bits per heavy atom. The monoisotopic (exact) mass is 418 g/mol. The van der Waals surface area contributed by atoms with Gasteiger partial charge in [0.05, 0.1) is 13.2 Å². The van der Waals surface area contributed by atoms with Crippen LogP contribution in [0.1, 0.15) is 37.9 Å². The number of rotatable bonds is 6. The molecule has 0 fully saturated rings. The number of ketones is 1. The van der Waals surface area contributed by atoms with Crippen molar-refractivity contribution in [3.05, 3.63) is 83.1 Å². The first-order chi connectivity index (χ1) is 14.9. The van der Waals surface area contributed by atoms with Crippen molar-refractivity contribution in [2.24, 2.45) is 0 Å². The van der Waals surface area contributed by atoms with Gasteiger partial charge in [-0.25, -0.2) is 4.79 Å². The highest BCUT2D eigenvalue weighted by Gasteiger charge is 2.42. The molecule has 3 amide bonds. The molecule has 31 heavy (non-hydrogen) atoms. The summed E-state index contributed by atoms with van der Waals surface area (Å²) in [6.07, 6.45) is 3.20. The standard InChI is InChI=1S/C25H26N2O4/c1-5-26-17(2)23(22(29)16-13-19-11-14-21(31-4)15-12-19)24(20-9-7-6-8-10-20)27(18(3)28)25(26)30/h6-16,24H,5H2,1-4H3/b16-13+/t24-/m0/s1. The summed E-state index contributed by atoms with van der Waals surface area (Å²) in [6.45, 7) is 5.27. The van der Waals surface area contributed by atoms with Crippen LogP contribution in [0.5, 0.6) is 5.75 Å². The van der Waals surface area contributed by atoms with Crippen molar-refractivity contribution in [1.29, 1.82) is 0 Å². The third-order valence-corrected chi connectivity index (χ3v) is 5.34. The number of amides is 3. The molecule has 3 rings (SSSR count). The van der Waals surface area contributed by atoms with Crippen LogP contribution in [0.2, 0.25) is 0 Å². The minimum absolute atomic E-state index is 0.251. The second-order valence-corrected chi connectivity index (χ2v) is 7.20. The lowest BCUT2D eigenvalue weighted by molar-refractivity contribution is -0.128. The summed E-state index contributed by atoms with van der Waals surface area (Å²) in [6, 6.07) is 15.3. The highest BCUT2D eigenvalue weighted by Crippen LogP contribution is 2.37. The van der Waals surface area contributed by atoms with E-state index in [1.165, 1.54) is 22.8 Å². The van der Waals surface area contributed by atoms with Gasteiger partial charge in [-0.2, -0.15) is 0 Å². The first kappa shape index (κ1) is 22.0. The molecule has 6 nitrogen and oxygen atoms in total. The predicted octanol–water partition coefficient (Wildman–Crippen LogP) is 4.60. The van der Waals surface area contributed by atoms with E-state index in [1.54, 1.807) is 20.1 Å². The van der Waals surface area contributed by atoms with Crippen molar-refractivity contribution in [1.82, 2.24) is 9.80 Å². The smallest absolute Gasteiger partial charge is 0.331 e. The first-order valence-electron chi connectivity index (χ1n) is 10.1. The van der Waals surface area contributed by atoms with Gasteiger partial charge < -0.3 is 4.74 Å². The number of nitrogens with zero attached hydrogens (tertiary/aromatic N) is 2. The molecular formula is C25H26N2O4. The maximum absolute atomic E-state index is 13.4. The quantitative estimate of drug-likeness (QED) is 0.643. The average molecular weight is 418 g/mol. The summed E-state index contributed by atoms with van der Waals surface area (Å²) < 4.78 is 5.16. The molecule has 1 atom stereocenters. The van der Waals surface area contributed by atoms with E-state index >= 15 is 0 Å². The summed E-state index contributed by atoms with van der Waals surface area (Å²) in [7, 11) is 1.60. The molecule has 0 bridgehead atoms. The van der Waals surface area contributed by atoms with E-state index in [1.807, 2.05) is 61.5 Å². The molecule has 0 spiro atoms. The van der Waals surface area contributed by atoms with E-state index in [9.17, 15) is 14.4 Å². The van der Waals surface area contributed by atoms with Crippen LogP contribution in [0, 0.1) is 0 Å². The van der Waals surface area contributed by atoms with Crippen molar-refractivity contribution < 1.29 is 19.1 Å². The van der Waals surface area contributed by atoms with Gasteiger partial charge in [0, 0.05) is 24.7 Å². The maximum Gasteiger partial charge on any atom is 0.331 e. The molecule has 0 radical (unpaired) electrons. The number of hydrogen-bond donors (Lipinski definition) is 0. The average Bonchev–Trinajstić information content (AvgIpc) is 2.78. The highest BCUT2D eigenvalue weighted by atomic mass is 16.5. The van der Waals surface area contributed by atoms with Crippen LogP contribution >= 0.6 is 0 Å². The van der Waals surface area contributed by atoms with Gasteiger partial charge in [0.2, 0.25) is 5.91 Å². The number of imide groups is 1. The van der Waals surface area contributed by atoms with E-state index < -0.39 is 18.0 Å². The fraction of sp³-hybridized carbons (Fsp3) is 0.240. The molecule has 2 aromatic carbocycles. The van der Waals surface area contributed by atoms with Crippen LogP contribution < -0.4 is 4.74 Å². The summed E-state index contributed by atoms with van der Waals surface area (Å²) in [5.74, 6) is 0.0706. The number of carbonyl (C=O) groups excluding carboxylic acids is 3.